The SMILES string of the molecule is CN(CCC(=O)NCC(C)(C)CNC(=O)c1cnc2ncccn12)c1ccncc1. The zero-order chi connectivity index (χ0) is 21.6. The summed E-state index contributed by atoms with van der Waals surface area (Å²) in [5.41, 5.74) is 1.14. The lowest BCUT2D eigenvalue weighted by Gasteiger charge is -2.25. The van der Waals surface area contributed by atoms with Crippen LogP contribution in [0.3, 0.4) is 0 Å². The molecule has 3 rings (SSSR count). The summed E-state index contributed by atoms with van der Waals surface area (Å²) in [4.78, 5) is 39.0. The highest BCUT2D eigenvalue weighted by Gasteiger charge is 2.21. The predicted molar refractivity (Wildman–Crippen MR) is 114 cm³/mol. The van der Waals surface area contributed by atoms with Crippen LogP contribution in [0.4, 0.5) is 5.69 Å². The number of imidazole rings is 1. The molecular formula is C21H27N7O2. The highest BCUT2D eigenvalue weighted by molar-refractivity contribution is 5.93. The minimum atomic E-state index is -0.305. The number of nitrogens with zero attached hydrogens (tertiary/aromatic N) is 5. The van der Waals surface area contributed by atoms with Crippen LogP contribution in [0.25, 0.3) is 5.78 Å². The molecule has 2 amide bonds. The Morgan fingerprint density at radius 3 is 2.60 bits per heavy atom. The molecule has 3 aromatic heterocycles. The highest BCUT2D eigenvalue weighted by Crippen LogP contribution is 2.13. The summed E-state index contributed by atoms with van der Waals surface area (Å²) in [6.07, 6.45) is 8.73. The molecular weight excluding hydrogens is 382 g/mol. The molecule has 0 spiro atoms. The second-order valence-corrected chi connectivity index (χ2v) is 7.93. The summed E-state index contributed by atoms with van der Waals surface area (Å²) >= 11 is 0. The monoisotopic (exact) mass is 409 g/mol. The average molecular weight is 409 g/mol. The first-order valence-electron chi connectivity index (χ1n) is 9.80. The fraction of sp³-hybridized carbons (Fsp3) is 0.381. The summed E-state index contributed by atoms with van der Waals surface area (Å²) in [5.74, 6) is 0.225. The number of amides is 2. The fourth-order valence-corrected chi connectivity index (χ4v) is 2.89. The van der Waals surface area contributed by atoms with Crippen LogP contribution in [0.2, 0.25) is 0 Å². The Kier molecular flexibility index (Phi) is 6.61. The Balaban J connectivity index is 1.43. The quantitative estimate of drug-likeness (QED) is 0.555. The molecule has 30 heavy (non-hydrogen) atoms. The van der Waals surface area contributed by atoms with Gasteiger partial charge in [-0.25, -0.2) is 9.97 Å². The Morgan fingerprint density at radius 2 is 1.83 bits per heavy atom. The summed E-state index contributed by atoms with van der Waals surface area (Å²) in [7, 11) is 1.94. The first-order chi connectivity index (χ1) is 14.4. The van der Waals surface area contributed by atoms with E-state index in [9.17, 15) is 9.59 Å². The molecule has 0 aliphatic heterocycles. The van der Waals surface area contributed by atoms with Gasteiger partial charge in [-0.1, -0.05) is 13.8 Å². The minimum Gasteiger partial charge on any atom is -0.374 e. The van der Waals surface area contributed by atoms with E-state index in [4.69, 9.17) is 0 Å². The number of pyridine rings is 1. The van der Waals surface area contributed by atoms with Gasteiger partial charge in [-0.15, -0.1) is 0 Å². The molecule has 158 valence electrons. The molecule has 9 nitrogen and oxygen atoms in total. The molecule has 0 aliphatic rings. The molecule has 2 N–H and O–H groups in total. The van der Waals surface area contributed by atoms with E-state index in [-0.39, 0.29) is 17.2 Å². The van der Waals surface area contributed by atoms with Crippen LogP contribution < -0.4 is 15.5 Å². The Labute approximate surface area is 175 Å². The van der Waals surface area contributed by atoms with Crippen LogP contribution in [-0.4, -0.2) is 57.8 Å². The molecule has 0 aromatic carbocycles. The smallest absolute Gasteiger partial charge is 0.269 e. The van der Waals surface area contributed by atoms with Gasteiger partial charge in [0.15, 0.2) is 0 Å². The molecule has 0 radical (unpaired) electrons. The number of carbonyl (C=O) groups excluding carboxylic acids is 2. The second-order valence-electron chi connectivity index (χ2n) is 7.93. The number of carbonyl (C=O) groups is 2. The largest absolute Gasteiger partial charge is 0.374 e. The van der Waals surface area contributed by atoms with E-state index in [0.717, 1.165) is 5.69 Å². The van der Waals surface area contributed by atoms with Crippen molar-refractivity contribution < 1.29 is 9.59 Å². The first-order valence-corrected chi connectivity index (χ1v) is 9.80. The molecule has 9 heteroatoms. The van der Waals surface area contributed by atoms with Crippen molar-refractivity contribution in [3.63, 3.8) is 0 Å². The standard InChI is InChI=1S/C21H27N7O2/c1-21(2,14-25-18(29)7-12-27(3)16-5-9-22-10-6-16)15-26-19(30)17-13-24-20-23-8-4-11-28(17)20/h4-6,8-11,13H,7,12,14-15H2,1-3H3,(H,25,29)(H,26,30). The maximum Gasteiger partial charge on any atom is 0.269 e. The molecule has 0 aliphatic carbocycles. The third kappa shape index (κ3) is 5.53. The van der Waals surface area contributed by atoms with E-state index < -0.39 is 0 Å². The molecule has 3 aromatic rings. The van der Waals surface area contributed by atoms with Crippen molar-refractivity contribution in [2.45, 2.75) is 20.3 Å². The van der Waals surface area contributed by atoms with Gasteiger partial charge in [-0.3, -0.25) is 19.0 Å². The molecule has 0 saturated carbocycles. The lowest BCUT2D eigenvalue weighted by atomic mass is 9.93. The number of aromatic nitrogens is 4. The van der Waals surface area contributed by atoms with E-state index in [0.29, 0.717) is 37.5 Å². The zero-order valence-corrected chi connectivity index (χ0v) is 17.5. The van der Waals surface area contributed by atoms with E-state index in [1.54, 1.807) is 35.3 Å². The van der Waals surface area contributed by atoms with Crippen molar-refractivity contribution in [3.05, 3.63) is 54.9 Å². The van der Waals surface area contributed by atoms with E-state index in [2.05, 4.69) is 25.6 Å². The summed E-state index contributed by atoms with van der Waals surface area (Å²) < 4.78 is 1.64. The molecule has 3 heterocycles. The number of hydrogen-bond acceptors (Lipinski definition) is 6. The van der Waals surface area contributed by atoms with Gasteiger partial charge in [0.25, 0.3) is 5.91 Å². The number of nitrogens with one attached hydrogen (secondary N) is 2. The number of fused-ring (bicyclic) bond motifs is 1. The van der Waals surface area contributed by atoms with Crippen LogP contribution in [0, 0.1) is 5.41 Å². The zero-order valence-electron chi connectivity index (χ0n) is 17.5. The van der Waals surface area contributed by atoms with Gasteiger partial charge in [0, 0.05) is 63.6 Å². The van der Waals surface area contributed by atoms with Gasteiger partial charge in [-0.2, -0.15) is 0 Å². The van der Waals surface area contributed by atoms with Gasteiger partial charge in [0.1, 0.15) is 5.69 Å². The summed E-state index contributed by atoms with van der Waals surface area (Å²) in [6.45, 7) is 5.46. The van der Waals surface area contributed by atoms with Crippen molar-refractivity contribution in [1.82, 2.24) is 30.0 Å². The number of anilines is 1. The first kappa shape index (κ1) is 21.2. The number of rotatable bonds is 9. The maximum absolute atomic E-state index is 12.5. The normalized spacial score (nSPS) is 11.3. The lowest BCUT2D eigenvalue weighted by Crippen LogP contribution is -2.42. The van der Waals surface area contributed by atoms with Crippen LogP contribution >= 0.6 is 0 Å². The Hall–Kier alpha value is -3.49. The summed E-state index contributed by atoms with van der Waals surface area (Å²) in [5, 5.41) is 5.88. The molecule has 0 atom stereocenters. The maximum atomic E-state index is 12.5. The van der Waals surface area contributed by atoms with Gasteiger partial charge in [-0.05, 0) is 23.6 Å². The van der Waals surface area contributed by atoms with E-state index in [1.807, 2.05) is 37.9 Å². The Morgan fingerprint density at radius 1 is 1.10 bits per heavy atom. The van der Waals surface area contributed by atoms with E-state index >= 15 is 0 Å². The molecule has 0 unspecified atom stereocenters. The molecule has 0 bridgehead atoms. The predicted octanol–water partition coefficient (Wildman–Crippen LogP) is 1.52. The van der Waals surface area contributed by atoms with Crippen molar-refractivity contribution in [3.8, 4) is 0 Å². The van der Waals surface area contributed by atoms with Crippen LogP contribution in [-0.2, 0) is 4.79 Å². The number of hydrogen-bond donors (Lipinski definition) is 2. The molecule has 0 saturated heterocycles. The average Bonchev–Trinajstić information content (AvgIpc) is 3.19. The van der Waals surface area contributed by atoms with Crippen LogP contribution in [0.1, 0.15) is 30.8 Å². The van der Waals surface area contributed by atoms with Crippen molar-refractivity contribution in [2.24, 2.45) is 5.41 Å². The minimum absolute atomic E-state index is 0.0248. The van der Waals surface area contributed by atoms with Crippen LogP contribution in [0.15, 0.2) is 49.2 Å². The van der Waals surface area contributed by atoms with Crippen LogP contribution in [0.5, 0.6) is 0 Å². The van der Waals surface area contributed by atoms with Gasteiger partial charge < -0.3 is 15.5 Å². The second kappa shape index (κ2) is 9.34. The summed E-state index contributed by atoms with van der Waals surface area (Å²) in [6, 6.07) is 5.56. The van der Waals surface area contributed by atoms with Crippen molar-refractivity contribution in [1.29, 1.82) is 0 Å². The Bertz CT molecular complexity index is 1000. The molecule has 0 fully saturated rings. The lowest BCUT2D eigenvalue weighted by molar-refractivity contribution is -0.121. The van der Waals surface area contributed by atoms with E-state index in [1.165, 1.54) is 6.20 Å². The highest BCUT2D eigenvalue weighted by atomic mass is 16.2. The fourth-order valence-electron chi connectivity index (χ4n) is 2.89. The third-order valence-electron chi connectivity index (χ3n) is 4.79. The van der Waals surface area contributed by atoms with Gasteiger partial charge >= 0.3 is 0 Å². The van der Waals surface area contributed by atoms with Crippen molar-refractivity contribution >= 4 is 23.3 Å². The third-order valence-corrected chi connectivity index (χ3v) is 4.79. The van der Waals surface area contributed by atoms with Gasteiger partial charge in [0.2, 0.25) is 11.7 Å². The van der Waals surface area contributed by atoms with Crippen molar-refractivity contribution in [2.75, 3.05) is 31.6 Å². The topological polar surface area (TPSA) is 105 Å². The van der Waals surface area contributed by atoms with Gasteiger partial charge in [0.05, 0.1) is 6.20 Å².